The van der Waals surface area contributed by atoms with Crippen molar-refractivity contribution in [2.45, 2.75) is 44.9 Å². The van der Waals surface area contributed by atoms with Crippen molar-refractivity contribution in [3.05, 3.63) is 128 Å². The Morgan fingerprint density at radius 3 is 1.37 bits per heavy atom. The summed E-state index contributed by atoms with van der Waals surface area (Å²) in [5, 5.41) is 11.5. The Labute approximate surface area is 272 Å². The Hall–Kier alpha value is -2.83. The first-order chi connectivity index (χ1) is 20.4. The van der Waals surface area contributed by atoms with Gasteiger partial charge < -0.3 is 24.8 Å². The summed E-state index contributed by atoms with van der Waals surface area (Å²) in [6, 6.07) is 18.2. The second-order valence-electron chi connectivity index (χ2n) is 12.1. The third kappa shape index (κ3) is 4.38. The standard InChI is InChI=1S/2C17H11.C6H10.2ClH.Zr/c2*1-3-8-14-12(6-1)13-7-2-4-9-15(13)17-11-5-10-16(14)17;1-2-4-6-5-3-1;;;/h2*1-8,10H,9H2;1-5H2;2*1H;/q;;;;;+2/p-2. The fourth-order valence-corrected chi connectivity index (χ4v) is 16.8. The quantitative estimate of drug-likeness (QED) is 0.291. The van der Waals surface area contributed by atoms with Gasteiger partial charge in [-0.15, -0.1) is 0 Å². The van der Waals surface area contributed by atoms with E-state index < -0.39 is 21.3 Å². The summed E-state index contributed by atoms with van der Waals surface area (Å²) < 4.78 is 5.40. The molecule has 0 amide bonds. The molecule has 4 aromatic carbocycles. The zero-order valence-electron chi connectivity index (χ0n) is 24.1. The molecule has 0 N–H and O–H groups in total. The number of fused-ring (bicyclic) bond motifs is 12. The molecule has 0 radical (unpaired) electrons. The normalized spacial score (nSPS) is 16.9. The second kappa shape index (κ2) is 11.6. The zero-order valence-corrected chi connectivity index (χ0v) is 28.1. The summed E-state index contributed by atoms with van der Waals surface area (Å²) in [5.74, 6) is 0. The van der Waals surface area contributed by atoms with Gasteiger partial charge in [-0.3, -0.25) is 0 Å². The van der Waals surface area contributed by atoms with Crippen LogP contribution in [-0.4, -0.2) is 3.21 Å². The van der Waals surface area contributed by atoms with Crippen molar-refractivity contribution in [3.63, 3.8) is 0 Å². The molecular weight excluding hydrogens is 643 g/mol. The minimum absolute atomic E-state index is 0. The van der Waals surface area contributed by atoms with E-state index in [0.717, 1.165) is 12.8 Å². The molecule has 3 heteroatoms. The van der Waals surface area contributed by atoms with E-state index in [1.54, 1.807) is 28.8 Å². The van der Waals surface area contributed by atoms with Crippen molar-refractivity contribution in [1.29, 1.82) is 0 Å². The fraction of sp³-hybridized carbons (Fsp3) is 0.175. The number of benzene rings is 4. The van der Waals surface area contributed by atoms with Gasteiger partial charge in [-0.05, 0) is 0 Å². The van der Waals surface area contributed by atoms with Gasteiger partial charge in [-0.1, -0.05) is 0 Å². The first-order valence-corrected chi connectivity index (χ1v) is 19.1. The monoisotopic (exact) mass is 672 g/mol. The van der Waals surface area contributed by atoms with Crippen LogP contribution in [0.1, 0.15) is 54.4 Å². The van der Waals surface area contributed by atoms with Crippen molar-refractivity contribution >= 4 is 55.6 Å². The molecule has 0 spiro atoms. The molecule has 0 atom stereocenters. The van der Waals surface area contributed by atoms with Crippen LogP contribution in [0.4, 0.5) is 0 Å². The van der Waals surface area contributed by atoms with Crippen molar-refractivity contribution in [2.24, 2.45) is 0 Å². The zero-order chi connectivity index (χ0) is 26.9. The van der Waals surface area contributed by atoms with Crippen LogP contribution < -0.4 is 45.7 Å². The number of hydrogen-bond acceptors (Lipinski definition) is 0. The maximum atomic E-state index is 2.59. The van der Waals surface area contributed by atoms with Gasteiger partial charge >= 0.3 is 250 Å². The molecule has 1 fully saturated rings. The second-order valence-corrected chi connectivity index (χ2v) is 18.3. The van der Waals surface area contributed by atoms with E-state index in [9.17, 15) is 0 Å². The van der Waals surface area contributed by atoms with Gasteiger partial charge in [-0.25, -0.2) is 0 Å². The summed E-state index contributed by atoms with van der Waals surface area (Å²) in [6.07, 6.45) is 33.0. The largest absolute Gasteiger partial charge is 1.00 e. The van der Waals surface area contributed by atoms with E-state index in [-0.39, 0.29) is 24.8 Å². The van der Waals surface area contributed by atoms with Crippen LogP contribution in [0, 0.1) is 0 Å². The molecule has 1 saturated carbocycles. The topological polar surface area (TPSA) is 0 Å². The van der Waals surface area contributed by atoms with Crippen LogP contribution in [-0.2, 0) is 34.1 Å². The van der Waals surface area contributed by atoms with Crippen LogP contribution in [0.5, 0.6) is 0 Å². The SMILES string of the molecule is C1=CCc2c3c(c4ccccc4c2=C1)=CC=[C]3[Zr+2]([C]1=CC=c2c1c1c(c3ccccc23)=CC=CC1)=[C]1CCCCC1.[Cl-].[Cl-]. The summed E-state index contributed by atoms with van der Waals surface area (Å²) in [7, 11) is 0. The number of rotatable bonds is 2. The van der Waals surface area contributed by atoms with Crippen LogP contribution in [0.25, 0.3) is 52.4 Å². The first-order valence-electron chi connectivity index (χ1n) is 15.4. The molecule has 4 aromatic rings. The molecular formula is C40H32Cl2Zr. The minimum Gasteiger partial charge on any atom is -1.00 e. The fourth-order valence-electron chi connectivity index (χ4n) is 8.23. The van der Waals surface area contributed by atoms with E-state index in [2.05, 4.69) is 109 Å². The third-order valence-electron chi connectivity index (χ3n) is 9.97. The van der Waals surface area contributed by atoms with E-state index in [1.807, 2.05) is 3.21 Å². The molecule has 5 aliphatic rings. The Bertz CT molecular complexity index is 2120. The Morgan fingerprint density at radius 2 is 0.907 bits per heavy atom. The predicted octanol–water partition coefficient (Wildman–Crippen LogP) is 0.512. The van der Waals surface area contributed by atoms with Gasteiger partial charge in [-0.2, -0.15) is 0 Å². The van der Waals surface area contributed by atoms with Crippen LogP contribution in [0.3, 0.4) is 0 Å². The maximum Gasteiger partial charge on any atom is -1.00 e. The van der Waals surface area contributed by atoms with Crippen LogP contribution in [0.2, 0.25) is 0 Å². The molecule has 0 unspecified atom stereocenters. The predicted molar refractivity (Wildman–Crippen MR) is 174 cm³/mol. The summed E-state index contributed by atoms with van der Waals surface area (Å²) in [4.78, 5) is 0. The number of allylic oxidation sites excluding steroid dienone is 6. The Morgan fingerprint density at radius 1 is 0.465 bits per heavy atom. The van der Waals surface area contributed by atoms with Gasteiger partial charge in [0.05, 0.1) is 0 Å². The third-order valence-corrected chi connectivity index (χ3v) is 17.6. The molecule has 0 heterocycles. The van der Waals surface area contributed by atoms with Gasteiger partial charge in [0, 0.05) is 0 Å². The van der Waals surface area contributed by atoms with Crippen LogP contribution >= 0.6 is 0 Å². The van der Waals surface area contributed by atoms with Crippen molar-refractivity contribution < 1.29 is 46.1 Å². The van der Waals surface area contributed by atoms with E-state index in [4.69, 9.17) is 0 Å². The van der Waals surface area contributed by atoms with Crippen LogP contribution in [0.15, 0.2) is 85.0 Å². The molecule has 0 saturated heterocycles. The number of halogens is 2. The molecule has 5 aliphatic carbocycles. The first kappa shape index (κ1) is 28.9. The summed E-state index contributed by atoms with van der Waals surface area (Å²) >= 11 is -2.48. The van der Waals surface area contributed by atoms with E-state index >= 15 is 0 Å². The van der Waals surface area contributed by atoms with Crippen molar-refractivity contribution in [2.75, 3.05) is 0 Å². The molecule has 43 heavy (non-hydrogen) atoms. The average molecular weight is 675 g/mol. The molecule has 9 rings (SSSR count). The smallest absolute Gasteiger partial charge is 1.00 e. The molecule has 0 bridgehead atoms. The summed E-state index contributed by atoms with van der Waals surface area (Å²) in [5.41, 5.74) is 6.33. The van der Waals surface area contributed by atoms with Crippen molar-refractivity contribution in [3.8, 4) is 0 Å². The Kier molecular flexibility index (Phi) is 7.80. The van der Waals surface area contributed by atoms with Gasteiger partial charge in [0.2, 0.25) is 0 Å². The van der Waals surface area contributed by atoms with Gasteiger partial charge in [0.25, 0.3) is 0 Å². The van der Waals surface area contributed by atoms with Crippen molar-refractivity contribution in [1.82, 2.24) is 0 Å². The molecule has 0 nitrogen and oxygen atoms in total. The van der Waals surface area contributed by atoms with E-state index in [1.165, 1.54) is 74.5 Å². The average Bonchev–Trinajstić information content (AvgIpc) is 3.69. The maximum absolute atomic E-state index is 2.59. The molecule has 0 aromatic heterocycles. The Balaban J connectivity index is 0.00000150. The minimum atomic E-state index is -2.48. The van der Waals surface area contributed by atoms with E-state index in [0.29, 0.717) is 0 Å². The number of hydrogen-bond donors (Lipinski definition) is 0. The van der Waals surface area contributed by atoms with Gasteiger partial charge in [0.15, 0.2) is 0 Å². The van der Waals surface area contributed by atoms with Gasteiger partial charge in [0.1, 0.15) is 0 Å². The summed E-state index contributed by atoms with van der Waals surface area (Å²) in [6.45, 7) is 0. The molecule has 0 aliphatic heterocycles. The molecule has 210 valence electrons.